The van der Waals surface area contributed by atoms with E-state index in [1.165, 1.54) is 18.3 Å². The Balaban J connectivity index is 1.62. The highest BCUT2D eigenvalue weighted by molar-refractivity contribution is 9.10. The fourth-order valence-corrected chi connectivity index (χ4v) is 5.46. The maximum atomic E-state index is 13.4. The maximum Gasteiger partial charge on any atom is 0.257 e. The van der Waals surface area contributed by atoms with Crippen LogP contribution in [0, 0.1) is 5.82 Å². The van der Waals surface area contributed by atoms with Gasteiger partial charge in [-0.05, 0) is 54.7 Å². The predicted molar refractivity (Wildman–Crippen MR) is 132 cm³/mol. The van der Waals surface area contributed by atoms with Crippen molar-refractivity contribution in [3.8, 4) is 0 Å². The summed E-state index contributed by atoms with van der Waals surface area (Å²) < 4.78 is 37.9. The van der Waals surface area contributed by atoms with Gasteiger partial charge >= 0.3 is 0 Å². The van der Waals surface area contributed by atoms with Crippen molar-refractivity contribution in [3.05, 3.63) is 81.2 Å². The topological polar surface area (TPSA) is 105 Å². The molecule has 0 saturated carbocycles. The van der Waals surface area contributed by atoms with Gasteiger partial charge in [-0.2, -0.15) is 0 Å². The Bertz CT molecular complexity index is 1330. The molecule has 11 heteroatoms. The molecule has 34 heavy (non-hydrogen) atoms. The van der Waals surface area contributed by atoms with Gasteiger partial charge in [-0.3, -0.25) is 4.79 Å². The number of nitrogens with two attached hydrogens (primary N) is 1. The number of pyridine rings is 1. The number of nitrogens with zero attached hydrogens (tertiary/aromatic N) is 2. The van der Waals surface area contributed by atoms with E-state index in [1.807, 2.05) is 6.07 Å². The number of sulfonamides is 1. The van der Waals surface area contributed by atoms with E-state index in [9.17, 15) is 17.6 Å². The fourth-order valence-electron chi connectivity index (χ4n) is 3.98. The van der Waals surface area contributed by atoms with E-state index in [1.54, 1.807) is 35.2 Å². The number of likely N-dealkylation sites (tertiary alicyclic amines) is 1. The molecule has 0 atom stereocenters. The number of aromatic nitrogens is 1. The van der Waals surface area contributed by atoms with Gasteiger partial charge in [0.1, 0.15) is 10.8 Å². The number of rotatable bonds is 5. The number of anilines is 2. The summed E-state index contributed by atoms with van der Waals surface area (Å²) in [5, 5.41) is 7.54. The van der Waals surface area contributed by atoms with Crippen LogP contribution in [-0.4, -0.2) is 37.3 Å². The lowest BCUT2D eigenvalue weighted by molar-refractivity contribution is 0.0713. The van der Waals surface area contributed by atoms with Crippen molar-refractivity contribution in [2.75, 3.05) is 18.4 Å². The Morgan fingerprint density at radius 1 is 1.18 bits per heavy atom. The normalized spacial score (nSPS) is 14.8. The first kappa shape index (κ1) is 24.6. The monoisotopic (exact) mass is 566 g/mol. The number of piperidine rings is 1. The lowest BCUT2D eigenvalue weighted by atomic mass is 9.89. The van der Waals surface area contributed by atoms with E-state index in [0.717, 1.165) is 10.0 Å². The van der Waals surface area contributed by atoms with Gasteiger partial charge in [0.2, 0.25) is 0 Å². The van der Waals surface area contributed by atoms with E-state index in [-0.39, 0.29) is 33.9 Å². The molecular formula is C23H21BrClFN4O3S. The van der Waals surface area contributed by atoms with Gasteiger partial charge in [0.15, 0.2) is 5.03 Å². The van der Waals surface area contributed by atoms with Gasteiger partial charge in [0.25, 0.3) is 15.9 Å². The molecule has 1 fully saturated rings. The number of hydrogen-bond donors (Lipinski definition) is 2. The van der Waals surface area contributed by atoms with Crippen LogP contribution in [0.3, 0.4) is 0 Å². The number of primary sulfonamides is 1. The number of carbonyl (C=O) groups is 1. The van der Waals surface area contributed by atoms with Crippen molar-refractivity contribution in [2.45, 2.75) is 23.8 Å². The molecule has 4 rings (SSSR count). The molecule has 3 N–H and O–H groups in total. The molecule has 178 valence electrons. The van der Waals surface area contributed by atoms with Crippen molar-refractivity contribution in [1.82, 2.24) is 9.88 Å². The number of halogens is 3. The summed E-state index contributed by atoms with van der Waals surface area (Å²) in [7, 11) is -4.21. The Kier molecular flexibility index (Phi) is 7.22. The number of hydrogen-bond acceptors (Lipinski definition) is 5. The van der Waals surface area contributed by atoms with Crippen LogP contribution in [0.15, 0.2) is 64.2 Å². The average Bonchev–Trinajstić information content (AvgIpc) is 2.80. The molecule has 2 aromatic carbocycles. The third-order valence-corrected chi connectivity index (χ3v) is 7.53. The summed E-state index contributed by atoms with van der Waals surface area (Å²) >= 11 is 9.77. The molecule has 2 heterocycles. The molecule has 0 aliphatic carbocycles. The second-order valence-corrected chi connectivity index (χ2v) is 10.7. The van der Waals surface area contributed by atoms with E-state index in [2.05, 4.69) is 26.2 Å². The molecule has 1 aromatic heterocycles. The zero-order chi connectivity index (χ0) is 24.5. The largest absolute Gasteiger partial charge is 0.353 e. The quantitative estimate of drug-likeness (QED) is 0.449. The van der Waals surface area contributed by atoms with E-state index in [4.69, 9.17) is 16.7 Å². The minimum absolute atomic E-state index is 0.115. The van der Waals surface area contributed by atoms with Crippen molar-refractivity contribution in [1.29, 1.82) is 0 Å². The Morgan fingerprint density at radius 2 is 1.85 bits per heavy atom. The lowest BCUT2D eigenvalue weighted by Crippen LogP contribution is -2.38. The second kappa shape index (κ2) is 9.99. The number of benzene rings is 2. The summed E-state index contributed by atoms with van der Waals surface area (Å²) in [5.41, 5.74) is 1.88. The minimum Gasteiger partial charge on any atom is -0.353 e. The van der Waals surface area contributed by atoms with Crippen molar-refractivity contribution >= 4 is 54.8 Å². The maximum absolute atomic E-state index is 13.4. The number of carbonyl (C=O) groups excluding carboxylic acids is 1. The number of nitrogens with one attached hydrogen (secondary N) is 1. The van der Waals surface area contributed by atoms with E-state index >= 15 is 0 Å². The molecule has 1 aliphatic rings. The summed E-state index contributed by atoms with van der Waals surface area (Å²) in [6.07, 6.45) is 2.60. The van der Waals surface area contributed by atoms with Crippen molar-refractivity contribution in [3.63, 3.8) is 0 Å². The summed E-state index contributed by atoms with van der Waals surface area (Å²) in [6, 6.07) is 13.5. The Labute approximate surface area is 210 Å². The van der Waals surface area contributed by atoms with Crippen LogP contribution in [-0.2, 0) is 10.0 Å². The standard InChI is InChI=1S/C23H21BrClFN4O3S/c24-16-2-1-3-18(12-16)29-21-19(13-28-22(20(21)25)34(27,32)33)23(31)30-10-8-15(9-11-30)14-4-6-17(26)7-5-14/h1-7,12-13,15H,8-11H2,(H,28,29)(H2,27,32,33). The SMILES string of the molecule is NS(=O)(=O)c1ncc(C(=O)N2CCC(c3ccc(F)cc3)CC2)c(Nc2cccc(Br)c2)c1Cl. The van der Waals surface area contributed by atoms with Crippen LogP contribution in [0.1, 0.15) is 34.7 Å². The molecule has 3 aromatic rings. The minimum atomic E-state index is -4.21. The molecule has 0 radical (unpaired) electrons. The summed E-state index contributed by atoms with van der Waals surface area (Å²) in [4.78, 5) is 19.0. The molecule has 1 saturated heterocycles. The third kappa shape index (κ3) is 5.41. The van der Waals surface area contributed by atoms with Crippen LogP contribution in [0.5, 0.6) is 0 Å². The van der Waals surface area contributed by atoms with Gasteiger partial charge in [-0.1, -0.05) is 45.7 Å². The van der Waals surface area contributed by atoms with Gasteiger partial charge in [-0.15, -0.1) is 0 Å². The van der Waals surface area contributed by atoms with Gasteiger partial charge in [-0.25, -0.2) is 22.9 Å². The van der Waals surface area contributed by atoms with Crippen LogP contribution >= 0.6 is 27.5 Å². The zero-order valence-electron chi connectivity index (χ0n) is 17.8. The van der Waals surface area contributed by atoms with Gasteiger partial charge in [0.05, 0.1) is 11.3 Å². The zero-order valence-corrected chi connectivity index (χ0v) is 21.0. The summed E-state index contributed by atoms with van der Waals surface area (Å²) in [5.74, 6) is -0.394. The van der Waals surface area contributed by atoms with E-state index in [0.29, 0.717) is 31.6 Å². The van der Waals surface area contributed by atoms with Crippen LogP contribution in [0.2, 0.25) is 5.02 Å². The molecule has 0 spiro atoms. The van der Waals surface area contributed by atoms with Gasteiger partial charge < -0.3 is 10.2 Å². The molecule has 1 amide bonds. The molecular weight excluding hydrogens is 547 g/mol. The van der Waals surface area contributed by atoms with Crippen LogP contribution in [0.25, 0.3) is 0 Å². The highest BCUT2D eigenvalue weighted by Gasteiger charge is 2.29. The van der Waals surface area contributed by atoms with Crippen molar-refractivity contribution < 1.29 is 17.6 Å². The second-order valence-electron chi connectivity index (χ2n) is 7.96. The summed E-state index contributed by atoms with van der Waals surface area (Å²) in [6.45, 7) is 0.956. The van der Waals surface area contributed by atoms with Crippen LogP contribution in [0.4, 0.5) is 15.8 Å². The molecule has 0 unspecified atom stereocenters. The Hall–Kier alpha value is -2.53. The average molecular weight is 568 g/mol. The first-order valence-electron chi connectivity index (χ1n) is 10.4. The van der Waals surface area contributed by atoms with Gasteiger partial charge in [0, 0.05) is 29.4 Å². The lowest BCUT2D eigenvalue weighted by Gasteiger charge is -2.32. The number of amides is 1. The predicted octanol–water partition coefficient (Wildman–Crippen LogP) is 5.05. The third-order valence-electron chi connectivity index (χ3n) is 5.70. The highest BCUT2D eigenvalue weighted by Crippen LogP contribution is 2.35. The first-order chi connectivity index (χ1) is 16.1. The highest BCUT2D eigenvalue weighted by atomic mass is 79.9. The molecule has 1 aliphatic heterocycles. The Morgan fingerprint density at radius 3 is 2.47 bits per heavy atom. The van der Waals surface area contributed by atoms with E-state index < -0.39 is 15.0 Å². The smallest absolute Gasteiger partial charge is 0.257 e. The van der Waals surface area contributed by atoms with Crippen molar-refractivity contribution in [2.24, 2.45) is 5.14 Å². The van der Waals surface area contributed by atoms with Crippen LogP contribution < -0.4 is 10.5 Å². The fraction of sp³-hybridized carbons (Fsp3) is 0.217. The molecule has 0 bridgehead atoms. The first-order valence-corrected chi connectivity index (χ1v) is 13.1. The molecule has 7 nitrogen and oxygen atoms in total.